The molecule has 3 rings (SSSR count). The second-order valence-corrected chi connectivity index (χ2v) is 8.20. The minimum absolute atomic E-state index is 0.0750. The molecule has 0 saturated heterocycles. The normalized spacial score (nSPS) is 10.8. The van der Waals surface area contributed by atoms with Gasteiger partial charge in [-0.15, -0.1) is 0 Å². The van der Waals surface area contributed by atoms with Gasteiger partial charge < -0.3 is 14.2 Å². The van der Waals surface area contributed by atoms with E-state index in [2.05, 4.69) is 5.32 Å². The maximum absolute atomic E-state index is 12.4. The third-order valence-corrected chi connectivity index (χ3v) is 5.52. The number of hydrogen-bond acceptors (Lipinski definition) is 8. The Bertz CT molecular complexity index is 1260. The fraction of sp³-hybridized carbons (Fsp3) is 0.0909. The van der Waals surface area contributed by atoms with Gasteiger partial charge >= 0.3 is 16.1 Å². The second-order valence-electron chi connectivity index (χ2n) is 6.65. The minimum atomic E-state index is -4.33. The van der Waals surface area contributed by atoms with Crippen molar-refractivity contribution in [3.05, 3.63) is 100 Å². The third kappa shape index (κ3) is 6.61. The van der Waals surface area contributed by atoms with Gasteiger partial charge in [0.15, 0.2) is 6.61 Å². The number of nitro benzene ring substituents is 1. The average Bonchev–Trinajstić information content (AvgIpc) is 2.82. The Labute approximate surface area is 189 Å². The molecule has 0 aliphatic carbocycles. The summed E-state index contributed by atoms with van der Waals surface area (Å²) in [5, 5.41) is 13.5. The number of carbonyl (C=O) groups excluding carboxylic acids is 2. The summed E-state index contributed by atoms with van der Waals surface area (Å²) in [6.45, 7) is -0.187. The van der Waals surface area contributed by atoms with Gasteiger partial charge in [0.25, 0.3) is 11.6 Å². The number of benzene rings is 3. The fourth-order valence-corrected chi connectivity index (χ4v) is 3.61. The van der Waals surface area contributed by atoms with E-state index in [9.17, 15) is 28.1 Å². The summed E-state index contributed by atoms with van der Waals surface area (Å²) in [6, 6.07) is 18.6. The summed E-state index contributed by atoms with van der Waals surface area (Å²) in [4.78, 5) is 33.7. The first-order valence-corrected chi connectivity index (χ1v) is 10.9. The van der Waals surface area contributed by atoms with Gasteiger partial charge in [-0.25, -0.2) is 4.79 Å². The minimum Gasteiger partial charge on any atom is -0.452 e. The molecule has 0 spiro atoms. The quantitative estimate of drug-likeness (QED) is 0.218. The summed E-state index contributed by atoms with van der Waals surface area (Å²) in [7, 11) is -4.33. The van der Waals surface area contributed by atoms with E-state index in [-0.39, 0.29) is 16.2 Å². The highest BCUT2D eigenvalue weighted by Gasteiger charge is 2.20. The van der Waals surface area contributed by atoms with Crippen LogP contribution in [0.15, 0.2) is 83.8 Å². The van der Waals surface area contributed by atoms with Crippen LogP contribution >= 0.6 is 0 Å². The van der Waals surface area contributed by atoms with Crippen molar-refractivity contribution >= 4 is 27.7 Å². The highest BCUT2D eigenvalue weighted by molar-refractivity contribution is 7.87. The molecule has 0 aliphatic rings. The van der Waals surface area contributed by atoms with Gasteiger partial charge in [-0.3, -0.25) is 14.9 Å². The van der Waals surface area contributed by atoms with E-state index in [1.807, 2.05) is 30.3 Å². The summed E-state index contributed by atoms with van der Waals surface area (Å²) < 4.78 is 34.6. The summed E-state index contributed by atoms with van der Waals surface area (Å²) in [5.74, 6) is -1.37. The molecule has 11 heteroatoms. The number of hydrogen-bond donors (Lipinski definition) is 1. The fourth-order valence-electron chi connectivity index (χ4n) is 2.64. The zero-order valence-corrected chi connectivity index (χ0v) is 17.9. The Hall–Kier alpha value is -4.25. The van der Waals surface area contributed by atoms with Crippen molar-refractivity contribution in [2.45, 2.75) is 11.4 Å². The monoisotopic (exact) mass is 470 g/mol. The van der Waals surface area contributed by atoms with Crippen molar-refractivity contribution < 1.29 is 31.9 Å². The Morgan fingerprint density at radius 1 is 0.939 bits per heavy atom. The Morgan fingerprint density at radius 2 is 1.64 bits per heavy atom. The number of carbonyl (C=O) groups is 2. The third-order valence-electron chi connectivity index (χ3n) is 4.28. The van der Waals surface area contributed by atoms with Crippen LogP contribution in [0, 0.1) is 10.1 Å². The SMILES string of the molecule is O=C(COC(=O)c1ccc(OS(=O)(=O)c2cccc([N+](=O)[O-])c2)cc1)NCc1ccccc1. The predicted molar refractivity (Wildman–Crippen MR) is 116 cm³/mol. The topological polar surface area (TPSA) is 142 Å². The van der Waals surface area contributed by atoms with E-state index >= 15 is 0 Å². The second kappa shape index (κ2) is 10.4. The van der Waals surface area contributed by atoms with Crippen LogP contribution in [0.25, 0.3) is 0 Å². The lowest BCUT2D eigenvalue weighted by atomic mass is 10.2. The zero-order chi connectivity index (χ0) is 23.8. The molecule has 33 heavy (non-hydrogen) atoms. The summed E-state index contributed by atoms with van der Waals surface area (Å²) in [5.41, 5.74) is 0.573. The number of amides is 1. The van der Waals surface area contributed by atoms with Crippen molar-refractivity contribution in [1.29, 1.82) is 0 Å². The van der Waals surface area contributed by atoms with Crippen molar-refractivity contribution in [2.24, 2.45) is 0 Å². The van der Waals surface area contributed by atoms with Crippen LogP contribution in [0.4, 0.5) is 5.69 Å². The number of nitro groups is 1. The van der Waals surface area contributed by atoms with Crippen LogP contribution in [0.3, 0.4) is 0 Å². The molecule has 0 radical (unpaired) electrons. The number of nitrogens with zero attached hydrogens (tertiary/aromatic N) is 1. The maximum atomic E-state index is 12.4. The first kappa shape index (κ1) is 23.4. The van der Waals surface area contributed by atoms with Crippen molar-refractivity contribution in [3.8, 4) is 5.75 Å². The molecule has 0 bridgehead atoms. The molecular weight excluding hydrogens is 452 g/mol. The van der Waals surface area contributed by atoms with Gasteiger partial charge in [-0.1, -0.05) is 36.4 Å². The Balaban J connectivity index is 1.54. The van der Waals surface area contributed by atoms with Crippen molar-refractivity contribution in [3.63, 3.8) is 0 Å². The average molecular weight is 470 g/mol. The molecule has 1 N–H and O–H groups in total. The summed E-state index contributed by atoms with van der Waals surface area (Å²) in [6.07, 6.45) is 0. The lowest BCUT2D eigenvalue weighted by molar-refractivity contribution is -0.385. The molecule has 0 saturated carbocycles. The first-order chi connectivity index (χ1) is 15.7. The van der Waals surface area contributed by atoms with Gasteiger partial charge in [-0.05, 0) is 35.9 Å². The molecule has 0 aromatic heterocycles. The number of rotatable bonds is 9. The van der Waals surface area contributed by atoms with Gasteiger partial charge in [0.05, 0.1) is 10.5 Å². The lowest BCUT2D eigenvalue weighted by Crippen LogP contribution is -2.28. The van der Waals surface area contributed by atoms with Gasteiger partial charge in [0.2, 0.25) is 0 Å². The molecule has 0 aliphatic heterocycles. The maximum Gasteiger partial charge on any atom is 0.339 e. The summed E-state index contributed by atoms with van der Waals surface area (Å²) >= 11 is 0. The van der Waals surface area contributed by atoms with Crippen LogP contribution in [0.2, 0.25) is 0 Å². The largest absolute Gasteiger partial charge is 0.452 e. The first-order valence-electron chi connectivity index (χ1n) is 9.51. The number of nitrogens with one attached hydrogen (secondary N) is 1. The Kier molecular flexibility index (Phi) is 7.36. The van der Waals surface area contributed by atoms with E-state index in [1.54, 1.807) is 0 Å². The van der Waals surface area contributed by atoms with E-state index in [0.29, 0.717) is 6.54 Å². The van der Waals surface area contributed by atoms with Crippen LogP contribution in [-0.4, -0.2) is 31.8 Å². The lowest BCUT2D eigenvalue weighted by Gasteiger charge is -2.09. The zero-order valence-electron chi connectivity index (χ0n) is 17.0. The molecule has 0 heterocycles. The van der Waals surface area contributed by atoms with E-state index in [1.165, 1.54) is 30.3 Å². The van der Waals surface area contributed by atoms with Gasteiger partial charge in [-0.2, -0.15) is 8.42 Å². The predicted octanol–water partition coefficient (Wildman–Crippen LogP) is 2.84. The number of non-ortho nitro benzene ring substituents is 1. The molecular formula is C22H18N2O8S. The highest BCUT2D eigenvalue weighted by atomic mass is 32.2. The van der Waals surface area contributed by atoms with Crippen LogP contribution in [0.5, 0.6) is 5.75 Å². The molecule has 1 amide bonds. The van der Waals surface area contributed by atoms with Crippen LogP contribution < -0.4 is 9.50 Å². The standard InChI is InChI=1S/C22H18N2O8S/c25-21(23-14-16-5-2-1-3-6-16)15-31-22(26)17-9-11-19(12-10-17)32-33(29,30)20-8-4-7-18(13-20)24(27)28/h1-13H,14-15H2,(H,23,25). The van der Waals surface area contributed by atoms with Crippen molar-refractivity contribution in [2.75, 3.05) is 6.61 Å². The molecule has 3 aromatic rings. The van der Waals surface area contributed by atoms with Crippen molar-refractivity contribution in [1.82, 2.24) is 5.32 Å². The smallest absolute Gasteiger partial charge is 0.339 e. The van der Waals surface area contributed by atoms with Gasteiger partial charge in [0.1, 0.15) is 10.6 Å². The highest BCUT2D eigenvalue weighted by Crippen LogP contribution is 2.22. The number of esters is 1. The Morgan fingerprint density at radius 3 is 2.30 bits per heavy atom. The van der Waals surface area contributed by atoms with Gasteiger partial charge in [0, 0.05) is 18.7 Å². The van der Waals surface area contributed by atoms with Crippen LogP contribution in [0.1, 0.15) is 15.9 Å². The molecule has 0 fully saturated rings. The van der Waals surface area contributed by atoms with E-state index < -0.39 is 39.2 Å². The molecule has 10 nitrogen and oxygen atoms in total. The number of ether oxygens (including phenoxy) is 1. The van der Waals surface area contributed by atoms with E-state index in [4.69, 9.17) is 8.92 Å². The molecule has 3 aromatic carbocycles. The molecule has 0 atom stereocenters. The molecule has 170 valence electrons. The van der Waals surface area contributed by atoms with Crippen LogP contribution in [-0.2, 0) is 26.2 Å². The van der Waals surface area contributed by atoms with E-state index in [0.717, 1.165) is 23.8 Å². The molecule has 0 unspecified atom stereocenters.